The molecule has 1 saturated carbocycles. The van der Waals surface area contributed by atoms with Gasteiger partial charge in [-0.15, -0.1) is 13.2 Å². The Morgan fingerprint density at radius 1 is 1.19 bits per heavy atom. The molecule has 6 nitrogen and oxygen atoms in total. The van der Waals surface area contributed by atoms with Crippen molar-refractivity contribution in [3.63, 3.8) is 0 Å². The predicted octanol–water partition coefficient (Wildman–Crippen LogP) is 3.85. The maximum Gasteiger partial charge on any atom is 0.522 e. The molecule has 26 heavy (non-hydrogen) atoms. The van der Waals surface area contributed by atoms with Crippen molar-refractivity contribution in [2.75, 3.05) is 20.8 Å². The number of hydrogen-bond acceptors (Lipinski definition) is 6. The summed E-state index contributed by atoms with van der Waals surface area (Å²) in [6, 6.07) is 1.86. The highest BCUT2D eigenvalue weighted by Crippen LogP contribution is 2.50. The lowest BCUT2D eigenvalue weighted by Crippen LogP contribution is -2.15. The summed E-state index contributed by atoms with van der Waals surface area (Å²) in [4.78, 5) is 12.4. The van der Waals surface area contributed by atoms with Gasteiger partial charge in [-0.2, -0.15) is 4.98 Å². The van der Waals surface area contributed by atoms with Crippen LogP contribution in [-0.4, -0.2) is 42.1 Å². The largest absolute Gasteiger partial charge is 0.522 e. The average Bonchev–Trinajstić information content (AvgIpc) is 3.39. The molecule has 2 aromatic heterocycles. The van der Waals surface area contributed by atoms with E-state index in [1.165, 1.54) is 26.6 Å². The molecule has 2 atom stereocenters. The second kappa shape index (κ2) is 7.24. The summed E-state index contributed by atoms with van der Waals surface area (Å²) in [5, 5.41) is 0.390. The van der Waals surface area contributed by atoms with Crippen LogP contribution in [0.5, 0.6) is 11.9 Å². The van der Waals surface area contributed by atoms with Crippen molar-refractivity contribution in [2.24, 2.45) is 5.92 Å². The van der Waals surface area contributed by atoms with E-state index in [0.717, 1.165) is 0 Å². The van der Waals surface area contributed by atoms with Gasteiger partial charge in [0, 0.05) is 12.4 Å². The number of aromatic nitrogens is 3. The first-order valence-corrected chi connectivity index (χ1v) is 8.01. The Hall–Kier alpha value is -2.13. The van der Waals surface area contributed by atoms with E-state index in [1.807, 2.05) is 0 Å². The molecule has 10 heteroatoms. The van der Waals surface area contributed by atoms with Gasteiger partial charge in [0.1, 0.15) is 0 Å². The lowest BCUT2D eigenvalue weighted by atomic mass is 10.1. The smallest absolute Gasteiger partial charge is 0.480 e. The minimum absolute atomic E-state index is 0.114. The maximum absolute atomic E-state index is 12.2. The van der Waals surface area contributed by atoms with Crippen molar-refractivity contribution in [1.29, 1.82) is 0 Å². The Labute approximate surface area is 152 Å². The first kappa shape index (κ1) is 18.7. The summed E-state index contributed by atoms with van der Waals surface area (Å²) in [5.41, 5.74) is 1.74. The van der Waals surface area contributed by atoms with Crippen LogP contribution in [0.3, 0.4) is 0 Å². The van der Waals surface area contributed by atoms with Crippen LogP contribution in [0.2, 0.25) is 5.02 Å². The van der Waals surface area contributed by atoms with Crippen molar-refractivity contribution in [2.45, 2.75) is 18.7 Å². The summed E-state index contributed by atoms with van der Waals surface area (Å²) < 4.78 is 50.7. The molecule has 140 valence electrons. The Morgan fingerprint density at radius 2 is 1.96 bits per heavy atom. The fourth-order valence-electron chi connectivity index (χ4n) is 2.68. The highest BCUT2D eigenvalue weighted by atomic mass is 35.5. The van der Waals surface area contributed by atoms with E-state index in [2.05, 4.69) is 19.7 Å². The van der Waals surface area contributed by atoms with Crippen LogP contribution >= 0.6 is 11.6 Å². The van der Waals surface area contributed by atoms with E-state index in [0.29, 0.717) is 28.3 Å². The van der Waals surface area contributed by atoms with E-state index in [4.69, 9.17) is 21.1 Å². The highest BCUT2D eigenvalue weighted by Gasteiger charge is 2.43. The summed E-state index contributed by atoms with van der Waals surface area (Å²) in [5.74, 6) is -0.0828. The molecule has 0 bridgehead atoms. The third-order valence-electron chi connectivity index (χ3n) is 4.05. The van der Waals surface area contributed by atoms with Crippen LogP contribution in [0.15, 0.2) is 18.5 Å². The van der Waals surface area contributed by atoms with Crippen molar-refractivity contribution >= 4 is 11.6 Å². The molecule has 0 aliphatic heterocycles. The quantitative estimate of drug-likeness (QED) is 0.747. The molecule has 2 aromatic rings. The summed E-state index contributed by atoms with van der Waals surface area (Å²) >= 11 is 6.19. The molecule has 0 radical (unpaired) electrons. The Bertz CT molecular complexity index is 804. The fraction of sp³-hybridized carbons (Fsp3) is 0.438. The zero-order chi connectivity index (χ0) is 18.9. The lowest BCUT2D eigenvalue weighted by molar-refractivity contribution is -0.326. The zero-order valence-electron chi connectivity index (χ0n) is 13.9. The van der Waals surface area contributed by atoms with Crippen LogP contribution in [-0.2, 0) is 4.74 Å². The summed E-state index contributed by atoms with van der Waals surface area (Å²) in [6.07, 6.45) is -1.11. The van der Waals surface area contributed by atoms with Crippen molar-refractivity contribution in [3.05, 3.63) is 29.0 Å². The van der Waals surface area contributed by atoms with Gasteiger partial charge in [0.05, 0.1) is 37.1 Å². The number of nitrogens with zero attached hydrogens (tertiary/aromatic N) is 3. The minimum Gasteiger partial charge on any atom is -0.480 e. The van der Waals surface area contributed by atoms with Gasteiger partial charge < -0.3 is 9.47 Å². The Morgan fingerprint density at radius 3 is 2.62 bits per heavy atom. The van der Waals surface area contributed by atoms with Gasteiger partial charge in [-0.1, -0.05) is 11.6 Å². The molecular weight excluding hydrogens is 375 g/mol. The van der Waals surface area contributed by atoms with Crippen LogP contribution < -0.4 is 9.47 Å². The van der Waals surface area contributed by atoms with Gasteiger partial charge >= 0.3 is 12.4 Å². The van der Waals surface area contributed by atoms with Crippen molar-refractivity contribution in [1.82, 2.24) is 15.0 Å². The zero-order valence-corrected chi connectivity index (χ0v) is 14.6. The molecule has 0 N–H and O–H groups in total. The van der Waals surface area contributed by atoms with Crippen molar-refractivity contribution < 1.29 is 27.4 Å². The molecule has 2 heterocycles. The minimum atomic E-state index is -4.63. The molecule has 1 aliphatic carbocycles. The number of rotatable bonds is 6. The molecule has 1 fully saturated rings. The maximum atomic E-state index is 12.2. The first-order chi connectivity index (χ1) is 12.3. The number of alkyl halides is 3. The summed E-state index contributed by atoms with van der Waals surface area (Å²) in [7, 11) is 2.89. The Balaban J connectivity index is 1.83. The summed E-state index contributed by atoms with van der Waals surface area (Å²) in [6.45, 7) is -0.392. The van der Waals surface area contributed by atoms with Gasteiger partial charge in [0.2, 0.25) is 5.88 Å². The third-order valence-corrected chi connectivity index (χ3v) is 4.37. The van der Waals surface area contributed by atoms with Gasteiger partial charge in [0.15, 0.2) is 0 Å². The van der Waals surface area contributed by atoms with E-state index < -0.39 is 13.0 Å². The van der Waals surface area contributed by atoms with E-state index in [1.54, 1.807) is 6.07 Å². The van der Waals surface area contributed by atoms with Crippen LogP contribution in [0.25, 0.3) is 11.3 Å². The monoisotopic (exact) mass is 389 g/mol. The second-order valence-corrected chi connectivity index (χ2v) is 6.14. The van der Waals surface area contributed by atoms with Gasteiger partial charge in [-0.05, 0) is 29.9 Å². The fourth-order valence-corrected chi connectivity index (χ4v) is 2.92. The van der Waals surface area contributed by atoms with Crippen LogP contribution in [0.4, 0.5) is 13.2 Å². The number of methoxy groups -OCH3 is 2. The molecule has 0 spiro atoms. The van der Waals surface area contributed by atoms with Gasteiger partial charge in [0.25, 0.3) is 0 Å². The molecule has 1 aliphatic rings. The second-order valence-electron chi connectivity index (χ2n) is 5.73. The van der Waals surface area contributed by atoms with Crippen LogP contribution in [0, 0.1) is 5.92 Å². The molecule has 0 saturated heterocycles. The number of ether oxygens (including phenoxy) is 3. The normalized spacial score (nSPS) is 19.3. The number of halogens is 4. The SMILES string of the molecule is COc1ncc(-c2cc([C@H]3C[C@@H]3COC(F)(F)F)c(Cl)cn2)c(OC)n1. The first-order valence-electron chi connectivity index (χ1n) is 7.64. The molecular formula is C16H15ClF3N3O3. The number of hydrogen-bond donors (Lipinski definition) is 0. The molecule has 3 rings (SSSR count). The third kappa shape index (κ3) is 4.16. The Kier molecular flexibility index (Phi) is 5.19. The lowest BCUT2D eigenvalue weighted by Gasteiger charge is -2.11. The van der Waals surface area contributed by atoms with Crippen LogP contribution in [0.1, 0.15) is 17.9 Å². The predicted molar refractivity (Wildman–Crippen MR) is 86.2 cm³/mol. The van der Waals surface area contributed by atoms with E-state index >= 15 is 0 Å². The number of pyridine rings is 1. The molecule has 0 unspecified atom stereocenters. The standard InChI is InChI=1S/C16H15ClF3N3O3/c1-24-14-11(5-22-15(23-14)25-2)13-4-10(12(17)6-21-13)9-3-8(9)7-26-16(18,19)20/h4-6,8-9H,3,7H2,1-2H3/t8-,9+/m1/s1. The average molecular weight is 390 g/mol. The highest BCUT2D eigenvalue weighted by molar-refractivity contribution is 6.31. The van der Waals surface area contributed by atoms with Gasteiger partial charge in [-0.25, -0.2) is 4.98 Å². The topological polar surface area (TPSA) is 66.4 Å². The van der Waals surface area contributed by atoms with E-state index in [-0.39, 0.29) is 23.7 Å². The van der Waals surface area contributed by atoms with E-state index in [9.17, 15) is 13.2 Å². The van der Waals surface area contributed by atoms with Crippen molar-refractivity contribution in [3.8, 4) is 23.1 Å². The molecule has 0 aromatic carbocycles. The molecule has 0 amide bonds. The van der Waals surface area contributed by atoms with Gasteiger partial charge in [-0.3, -0.25) is 9.72 Å².